The number of nitrogens with two attached hydrogens (primary N) is 1. The third kappa shape index (κ3) is 5.21. The lowest BCUT2D eigenvalue weighted by Gasteiger charge is -2.40. The first-order valence-corrected chi connectivity index (χ1v) is 6.50. The van der Waals surface area contributed by atoms with Crippen molar-refractivity contribution in [2.75, 3.05) is 6.61 Å². The number of phosphoric ester groups is 1. The van der Waals surface area contributed by atoms with E-state index in [1.807, 2.05) is 0 Å². The third-order valence-electron chi connectivity index (χ3n) is 2.50. The Hall–Kier alpha value is 0.160. The fourth-order valence-electron chi connectivity index (χ4n) is 1.51. The first-order valence-electron chi connectivity index (χ1n) is 4.97. The van der Waals surface area contributed by atoms with Crippen molar-refractivity contribution in [3.63, 3.8) is 0 Å². The van der Waals surface area contributed by atoms with Crippen molar-refractivity contribution < 1.29 is 44.0 Å². The van der Waals surface area contributed by atoms with Gasteiger partial charge >= 0.3 is 7.82 Å². The van der Waals surface area contributed by atoms with Crippen molar-refractivity contribution in [3.05, 3.63) is 0 Å². The smallest absolute Gasteiger partial charge is 0.388 e. The number of ether oxygens (including phenoxy) is 1. The van der Waals surface area contributed by atoms with E-state index in [1.54, 1.807) is 0 Å². The zero-order valence-electron chi connectivity index (χ0n) is 9.51. The molecule has 0 amide bonds. The van der Waals surface area contributed by atoms with Gasteiger partial charge in [0.25, 0.3) is 0 Å². The molecular weight excluding hydrogens is 309 g/mol. The second-order valence-corrected chi connectivity index (χ2v) is 5.14. The van der Waals surface area contributed by atoms with Crippen molar-refractivity contribution in [3.8, 4) is 0 Å². The highest BCUT2D eigenvalue weighted by molar-refractivity contribution is 7.46. The summed E-state index contributed by atoms with van der Waals surface area (Å²) in [6.07, 6.45) is -7.95. The number of aliphatic hydroxyl groups excluding tert-OH is 4. The molecule has 6 atom stereocenters. The number of phosphoric acid groups is 1. The third-order valence-corrected chi connectivity index (χ3v) is 2.98. The minimum atomic E-state index is -4.78. The van der Waals surface area contributed by atoms with E-state index in [0.717, 1.165) is 0 Å². The first-order chi connectivity index (χ1) is 8.13. The molecule has 0 aromatic carbocycles. The zero-order valence-corrected chi connectivity index (χ0v) is 11.2. The van der Waals surface area contributed by atoms with Crippen molar-refractivity contribution in [2.45, 2.75) is 36.7 Å². The Bertz CT molecular complexity index is 328. The largest absolute Gasteiger partial charge is 0.469 e. The van der Waals surface area contributed by atoms with Crippen LogP contribution in [0.2, 0.25) is 0 Å². The molecule has 1 saturated heterocycles. The maximum absolute atomic E-state index is 10.4. The van der Waals surface area contributed by atoms with Gasteiger partial charge in [-0.25, -0.2) is 4.57 Å². The lowest BCUT2D eigenvalue weighted by atomic mass is 9.94. The van der Waals surface area contributed by atoms with Crippen LogP contribution in [0, 0.1) is 0 Å². The molecule has 0 radical (unpaired) electrons. The van der Waals surface area contributed by atoms with E-state index in [-0.39, 0.29) is 12.4 Å². The van der Waals surface area contributed by atoms with Gasteiger partial charge in [0, 0.05) is 0 Å². The Balaban J connectivity index is 0.00000324. The Morgan fingerprint density at radius 1 is 1.26 bits per heavy atom. The van der Waals surface area contributed by atoms with Crippen LogP contribution in [0.15, 0.2) is 0 Å². The van der Waals surface area contributed by atoms with Crippen LogP contribution in [-0.4, -0.2) is 73.6 Å². The molecule has 1 aliphatic heterocycles. The van der Waals surface area contributed by atoms with Gasteiger partial charge in [-0.1, -0.05) is 0 Å². The molecule has 0 spiro atoms. The minimum Gasteiger partial charge on any atom is -0.388 e. The van der Waals surface area contributed by atoms with E-state index in [2.05, 4.69) is 4.52 Å². The molecule has 1 fully saturated rings. The van der Waals surface area contributed by atoms with Crippen LogP contribution in [0.3, 0.4) is 0 Å². The Labute approximate surface area is 114 Å². The van der Waals surface area contributed by atoms with Gasteiger partial charge in [-0.05, 0) is 0 Å². The molecule has 8 N–H and O–H groups in total. The average molecular weight is 326 g/mol. The van der Waals surface area contributed by atoms with E-state index in [1.165, 1.54) is 0 Å². The number of hydrogen-bond donors (Lipinski definition) is 7. The van der Waals surface area contributed by atoms with Crippen LogP contribution in [-0.2, 0) is 13.8 Å². The summed E-state index contributed by atoms with van der Waals surface area (Å²) in [6, 6.07) is -1.26. The van der Waals surface area contributed by atoms with E-state index >= 15 is 0 Å². The summed E-state index contributed by atoms with van der Waals surface area (Å²) in [4.78, 5) is 16.9. The average Bonchev–Trinajstić information content (AvgIpc) is 2.27. The summed E-state index contributed by atoms with van der Waals surface area (Å²) in [5, 5.41) is 37.8. The fraction of sp³-hybridized carbons (Fsp3) is 1.00. The number of rotatable bonds is 4. The Morgan fingerprint density at radius 2 is 1.79 bits per heavy atom. The van der Waals surface area contributed by atoms with Crippen LogP contribution >= 0.6 is 20.2 Å². The van der Waals surface area contributed by atoms with Crippen LogP contribution in [0.1, 0.15) is 0 Å². The van der Waals surface area contributed by atoms with Crippen molar-refractivity contribution in [1.82, 2.24) is 0 Å². The van der Waals surface area contributed by atoms with Crippen LogP contribution in [0.4, 0.5) is 0 Å². The maximum atomic E-state index is 10.4. The van der Waals surface area contributed by atoms with Gasteiger partial charge in [0.05, 0.1) is 12.6 Å². The first kappa shape index (κ1) is 19.2. The maximum Gasteiger partial charge on any atom is 0.469 e. The normalized spacial score (nSPS) is 37.5. The molecule has 1 rings (SSSR count). The van der Waals surface area contributed by atoms with Gasteiger partial charge in [0.1, 0.15) is 24.4 Å². The summed E-state index contributed by atoms with van der Waals surface area (Å²) < 4.78 is 19.2. The highest BCUT2D eigenvalue weighted by Gasteiger charge is 2.45. The molecule has 1 aliphatic rings. The second-order valence-electron chi connectivity index (χ2n) is 3.90. The molecule has 0 saturated carbocycles. The highest BCUT2D eigenvalue weighted by atomic mass is 35.5. The predicted molar refractivity (Wildman–Crippen MR) is 62.1 cm³/mol. The van der Waals surface area contributed by atoms with Crippen molar-refractivity contribution >= 4 is 20.2 Å². The molecular formula is C7H17ClNO9P. The Kier molecular flexibility index (Phi) is 7.31. The SMILES string of the molecule is Cl.N[C@H]1C(O)O[C@H]([C@H](O)COP(=O)(O)O)[C@@H](O)[C@@H]1O. The van der Waals surface area contributed by atoms with Gasteiger partial charge in [-0.2, -0.15) is 0 Å². The lowest BCUT2D eigenvalue weighted by molar-refractivity contribution is -0.264. The Morgan fingerprint density at radius 3 is 2.26 bits per heavy atom. The zero-order chi connectivity index (χ0) is 14.1. The minimum absolute atomic E-state index is 0. The van der Waals surface area contributed by atoms with E-state index in [0.29, 0.717) is 0 Å². The molecule has 116 valence electrons. The van der Waals surface area contributed by atoms with Gasteiger partial charge in [-0.15, -0.1) is 12.4 Å². The molecule has 0 bridgehead atoms. The van der Waals surface area contributed by atoms with Crippen molar-refractivity contribution in [1.29, 1.82) is 0 Å². The van der Waals surface area contributed by atoms with E-state index in [4.69, 9.17) is 20.3 Å². The van der Waals surface area contributed by atoms with Gasteiger partial charge < -0.3 is 40.7 Å². The van der Waals surface area contributed by atoms with Crippen molar-refractivity contribution in [2.24, 2.45) is 5.73 Å². The molecule has 0 aromatic rings. The number of hydrogen-bond acceptors (Lipinski definition) is 8. The van der Waals surface area contributed by atoms with Gasteiger partial charge in [0.15, 0.2) is 6.29 Å². The van der Waals surface area contributed by atoms with Crippen LogP contribution < -0.4 is 5.73 Å². The second kappa shape index (κ2) is 7.25. The topological polar surface area (TPSA) is 183 Å². The molecule has 12 heteroatoms. The predicted octanol–water partition coefficient (Wildman–Crippen LogP) is -3.36. The lowest BCUT2D eigenvalue weighted by Crippen LogP contribution is -2.64. The molecule has 1 unspecified atom stereocenters. The molecule has 1 heterocycles. The summed E-state index contributed by atoms with van der Waals surface area (Å²) >= 11 is 0. The fourth-order valence-corrected chi connectivity index (χ4v) is 1.86. The molecule has 10 nitrogen and oxygen atoms in total. The summed E-state index contributed by atoms with van der Waals surface area (Å²) in [6.45, 7) is -0.847. The number of aliphatic hydroxyl groups is 4. The van der Waals surface area contributed by atoms with Crippen LogP contribution in [0.5, 0.6) is 0 Å². The van der Waals surface area contributed by atoms with Gasteiger partial charge in [0.2, 0.25) is 0 Å². The standard InChI is InChI=1S/C7H16NO9P.ClH/c8-3-4(10)5(11)6(17-7(3)12)2(9)1-16-18(13,14)15;/h2-7,9-12H,1,8H2,(H2,13,14,15);1H/t2-,3-,4-,5+,6-,7?;/m1./s1. The van der Waals surface area contributed by atoms with Crippen LogP contribution in [0.25, 0.3) is 0 Å². The summed E-state index contributed by atoms with van der Waals surface area (Å²) in [5.41, 5.74) is 5.30. The number of halogens is 1. The van der Waals surface area contributed by atoms with E-state index < -0.39 is 51.2 Å². The summed E-state index contributed by atoms with van der Waals surface area (Å²) in [7, 11) is -4.78. The quantitative estimate of drug-likeness (QED) is 0.258. The highest BCUT2D eigenvalue weighted by Crippen LogP contribution is 2.36. The molecule has 19 heavy (non-hydrogen) atoms. The summed E-state index contributed by atoms with van der Waals surface area (Å²) in [5.74, 6) is 0. The molecule has 0 aliphatic carbocycles. The van der Waals surface area contributed by atoms with Gasteiger partial charge in [-0.3, -0.25) is 4.52 Å². The molecule has 0 aromatic heterocycles. The van der Waals surface area contributed by atoms with E-state index in [9.17, 15) is 25.0 Å². The monoisotopic (exact) mass is 325 g/mol.